The predicted octanol–water partition coefficient (Wildman–Crippen LogP) is 4.91. The van der Waals surface area contributed by atoms with Crippen LogP contribution in [-0.2, 0) is 15.0 Å². The molecule has 5 atom stereocenters. The van der Waals surface area contributed by atoms with Gasteiger partial charge in [-0.05, 0) is 72.8 Å². The van der Waals surface area contributed by atoms with Gasteiger partial charge in [-0.25, -0.2) is 0 Å². The molecule has 5 unspecified atom stereocenters. The number of carbonyl (C=O) groups excluding carboxylic acids is 3. The van der Waals surface area contributed by atoms with Crippen LogP contribution in [0.1, 0.15) is 27.4 Å². The molecule has 4 aromatic carbocycles. The van der Waals surface area contributed by atoms with Gasteiger partial charge in [-0.3, -0.25) is 19.3 Å². The fourth-order valence-corrected chi connectivity index (χ4v) is 7.62. The number of anilines is 2. The number of rotatable bonds is 7. The summed E-state index contributed by atoms with van der Waals surface area (Å²) in [6.07, 6.45) is 0. The number of para-hydroxylation sites is 1. The maximum atomic E-state index is 14.8. The Morgan fingerprint density at radius 1 is 0.795 bits per heavy atom. The summed E-state index contributed by atoms with van der Waals surface area (Å²) in [6, 6.07) is 30.9. The third-order valence-electron chi connectivity index (χ3n) is 9.60. The summed E-state index contributed by atoms with van der Waals surface area (Å²) in [5, 5.41) is 3.08. The Labute approximate surface area is 256 Å². The number of ketones is 1. The van der Waals surface area contributed by atoms with Crippen molar-refractivity contribution in [2.45, 2.75) is 23.4 Å². The molecular formula is C36H33N3O5. The second-order valence-corrected chi connectivity index (χ2v) is 11.7. The fraction of sp³-hybridized carbons (Fsp3) is 0.250. The first-order valence-electron chi connectivity index (χ1n) is 14.7. The Kier molecular flexibility index (Phi) is 6.74. The number of Topliss-reactive ketones (excluding diaryl/α,β-unsaturated/α-hetero) is 1. The van der Waals surface area contributed by atoms with Crippen molar-refractivity contribution >= 4 is 29.0 Å². The molecular weight excluding hydrogens is 554 g/mol. The average molecular weight is 588 g/mol. The maximum absolute atomic E-state index is 14.8. The smallest absolute Gasteiger partial charge is 0.237 e. The zero-order valence-corrected chi connectivity index (χ0v) is 24.8. The van der Waals surface area contributed by atoms with Crippen molar-refractivity contribution in [3.8, 4) is 11.5 Å². The molecule has 0 bridgehead atoms. The maximum Gasteiger partial charge on any atom is 0.237 e. The molecule has 222 valence electrons. The number of nitrogens with one attached hydrogen (secondary N) is 1. The lowest BCUT2D eigenvalue weighted by molar-refractivity contribution is -0.127. The molecule has 1 N–H and O–H groups in total. The minimum Gasteiger partial charge on any atom is -0.497 e. The molecule has 8 heteroatoms. The van der Waals surface area contributed by atoms with Crippen LogP contribution in [0, 0.1) is 5.92 Å². The Morgan fingerprint density at radius 2 is 1.41 bits per heavy atom. The fourth-order valence-electron chi connectivity index (χ4n) is 7.62. The Balaban J connectivity index is 1.41. The van der Waals surface area contributed by atoms with E-state index in [1.807, 2.05) is 85.9 Å². The molecule has 3 aliphatic rings. The molecule has 44 heavy (non-hydrogen) atoms. The highest BCUT2D eigenvalue weighted by Crippen LogP contribution is 2.55. The van der Waals surface area contributed by atoms with E-state index in [0.717, 1.165) is 16.8 Å². The summed E-state index contributed by atoms with van der Waals surface area (Å²) in [5.74, 6) is -0.345. The Morgan fingerprint density at radius 3 is 2.07 bits per heavy atom. The minimum atomic E-state index is -1.14. The van der Waals surface area contributed by atoms with Gasteiger partial charge in [-0.1, -0.05) is 48.5 Å². The quantitative estimate of drug-likeness (QED) is 0.244. The predicted molar refractivity (Wildman–Crippen MR) is 167 cm³/mol. The first kappa shape index (κ1) is 27.9. The van der Waals surface area contributed by atoms with Crippen LogP contribution in [0.15, 0.2) is 103 Å². The van der Waals surface area contributed by atoms with E-state index in [9.17, 15) is 14.4 Å². The van der Waals surface area contributed by atoms with Gasteiger partial charge in [0.1, 0.15) is 16.9 Å². The lowest BCUT2D eigenvalue weighted by atomic mass is 9.64. The van der Waals surface area contributed by atoms with Gasteiger partial charge in [0, 0.05) is 29.5 Å². The molecule has 8 nitrogen and oxygen atoms in total. The molecule has 3 heterocycles. The summed E-state index contributed by atoms with van der Waals surface area (Å²) in [5.41, 5.74) is 2.48. The van der Waals surface area contributed by atoms with Gasteiger partial charge in [0.15, 0.2) is 5.78 Å². The van der Waals surface area contributed by atoms with Crippen molar-refractivity contribution in [1.82, 2.24) is 4.90 Å². The van der Waals surface area contributed by atoms with Crippen LogP contribution in [0.2, 0.25) is 0 Å². The molecule has 0 aliphatic carbocycles. The van der Waals surface area contributed by atoms with Crippen molar-refractivity contribution in [1.29, 1.82) is 0 Å². The van der Waals surface area contributed by atoms with E-state index in [4.69, 9.17) is 9.47 Å². The number of amides is 2. The van der Waals surface area contributed by atoms with Gasteiger partial charge >= 0.3 is 0 Å². The highest BCUT2D eigenvalue weighted by atomic mass is 16.5. The molecule has 1 spiro atoms. The second-order valence-electron chi connectivity index (χ2n) is 11.7. The van der Waals surface area contributed by atoms with Gasteiger partial charge in [0.05, 0.1) is 32.1 Å². The van der Waals surface area contributed by atoms with Crippen LogP contribution in [-0.4, -0.2) is 62.4 Å². The number of benzene rings is 4. The van der Waals surface area contributed by atoms with Crippen LogP contribution < -0.4 is 19.7 Å². The largest absolute Gasteiger partial charge is 0.497 e. The van der Waals surface area contributed by atoms with Gasteiger partial charge in [-0.15, -0.1) is 0 Å². The molecule has 2 saturated heterocycles. The lowest BCUT2D eigenvalue weighted by Crippen LogP contribution is -2.68. The standard InChI is InChI=1S/C36H33N3O5/c1-38-21-36(27-11-7-8-12-28(27)37-35(36)42)30(33(40)23-13-17-25(43-2)18-14-23)32(38)31-29(22-9-5-4-6-10-22)34(41)39(31)24-15-19-26(44-3)20-16-24/h4-20,29-32H,21H2,1-3H3,(H,37,42). The number of β-lactam (4-membered cyclic amide) rings is 1. The van der Waals surface area contributed by atoms with Crippen LogP contribution in [0.5, 0.6) is 11.5 Å². The number of hydrogen-bond acceptors (Lipinski definition) is 6. The highest BCUT2D eigenvalue weighted by molar-refractivity contribution is 6.13. The summed E-state index contributed by atoms with van der Waals surface area (Å²) in [6.45, 7) is 0.329. The van der Waals surface area contributed by atoms with E-state index in [2.05, 4.69) is 10.2 Å². The first-order chi connectivity index (χ1) is 21.4. The van der Waals surface area contributed by atoms with Crippen molar-refractivity contribution in [2.24, 2.45) is 5.92 Å². The number of likely N-dealkylation sites (N-methyl/N-ethyl adjacent to an activating group) is 1. The third-order valence-corrected chi connectivity index (χ3v) is 9.60. The molecule has 0 saturated carbocycles. The molecule has 0 radical (unpaired) electrons. The van der Waals surface area contributed by atoms with E-state index < -0.39 is 29.3 Å². The van der Waals surface area contributed by atoms with Crippen LogP contribution in [0.25, 0.3) is 0 Å². The van der Waals surface area contributed by atoms with Gasteiger partial charge in [0.2, 0.25) is 11.8 Å². The van der Waals surface area contributed by atoms with E-state index in [1.165, 1.54) is 0 Å². The van der Waals surface area contributed by atoms with Crippen LogP contribution in [0.3, 0.4) is 0 Å². The summed E-state index contributed by atoms with van der Waals surface area (Å²) >= 11 is 0. The number of methoxy groups -OCH3 is 2. The summed E-state index contributed by atoms with van der Waals surface area (Å²) in [4.78, 5) is 47.0. The SMILES string of the molecule is COc1ccc(C(=O)C2C(C3C(c4ccccc4)C(=O)N3c3ccc(OC)cc3)N(C)CC23C(=O)Nc2ccccc23)cc1. The number of carbonyl (C=O) groups is 3. The van der Waals surface area contributed by atoms with E-state index in [1.54, 1.807) is 43.4 Å². The topological polar surface area (TPSA) is 88.2 Å². The molecule has 0 aromatic heterocycles. The number of ether oxygens (including phenoxy) is 2. The van der Waals surface area contributed by atoms with Crippen LogP contribution >= 0.6 is 0 Å². The molecule has 7 rings (SSSR count). The van der Waals surface area contributed by atoms with Gasteiger partial charge < -0.3 is 19.7 Å². The number of fused-ring (bicyclic) bond motifs is 2. The van der Waals surface area contributed by atoms with Crippen molar-refractivity contribution < 1.29 is 23.9 Å². The number of nitrogens with zero attached hydrogens (tertiary/aromatic N) is 2. The van der Waals surface area contributed by atoms with Crippen molar-refractivity contribution in [3.05, 3.63) is 120 Å². The normalized spacial score (nSPS) is 25.8. The number of likely N-dealkylation sites (tertiary alicyclic amines) is 1. The van der Waals surface area contributed by atoms with Crippen molar-refractivity contribution in [3.63, 3.8) is 0 Å². The monoisotopic (exact) mass is 587 g/mol. The Hall–Kier alpha value is -4.95. The first-order valence-corrected chi connectivity index (χ1v) is 14.7. The lowest BCUT2D eigenvalue weighted by Gasteiger charge is -2.52. The molecule has 2 amide bonds. The van der Waals surface area contributed by atoms with E-state index in [-0.39, 0.29) is 17.6 Å². The third kappa shape index (κ3) is 4.05. The zero-order valence-electron chi connectivity index (χ0n) is 24.8. The highest BCUT2D eigenvalue weighted by Gasteiger charge is 2.68. The Bertz CT molecular complexity index is 1740. The van der Waals surface area contributed by atoms with Crippen LogP contribution in [0.4, 0.5) is 11.4 Å². The van der Waals surface area contributed by atoms with Gasteiger partial charge in [0.25, 0.3) is 0 Å². The summed E-state index contributed by atoms with van der Waals surface area (Å²) < 4.78 is 10.7. The average Bonchev–Trinajstić information content (AvgIpc) is 3.52. The minimum absolute atomic E-state index is 0.0485. The summed E-state index contributed by atoms with van der Waals surface area (Å²) in [7, 11) is 5.14. The molecule has 4 aromatic rings. The van der Waals surface area contributed by atoms with Crippen molar-refractivity contribution in [2.75, 3.05) is 38.0 Å². The second kappa shape index (κ2) is 10.6. The van der Waals surface area contributed by atoms with Gasteiger partial charge in [-0.2, -0.15) is 0 Å². The zero-order chi connectivity index (χ0) is 30.6. The molecule has 3 aliphatic heterocycles. The number of hydrogen-bond donors (Lipinski definition) is 1. The van der Waals surface area contributed by atoms with E-state index in [0.29, 0.717) is 29.3 Å². The van der Waals surface area contributed by atoms with E-state index >= 15 is 0 Å². The molecule has 2 fully saturated rings.